The highest BCUT2D eigenvalue weighted by atomic mass is 35.5. The maximum Gasteiger partial charge on any atom is 0.200 e. The summed E-state index contributed by atoms with van der Waals surface area (Å²) in [5, 5.41) is 4.86. The third-order valence-corrected chi connectivity index (χ3v) is 6.43. The molecule has 134 valence electrons. The number of thioether (sulfide) groups is 1. The van der Waals surface area contributed by atoms with E-state index in [0.717, 1.165) is 31.3 Å². The molecule has 1 aliphatic carbocycles. The van der Waals surface area contributed by atoms with Crippen molar-refractivity contribution in [1.29, 1.82) is 0 Å². The molecule has 1 fully saturated rings. The highest BCUT2D eigenvalue weighted by Crippen LogP contribution is 2.44. The second-order valence-corrected chi connectivity index (χ2v) is 9.60. The zero-order valence-corrected chi connectivity index (χ0v) is 16.3. The molecule has 3 rings (SSSR count). The van der Waals surface area contributed by atoms with Gasteiger partial charge in [-0.15, -0.1) is 11.8 Å². The van der Waals surface area contributed by atoms with Gasteiger partial charge in [0.05, 0.1) is 10.5 Å². The Balaban J connectivity index is 2.11. The third-order valence-electron chi connectivity index (χ3n) is 3.89. The number of rotatable bonds is 7. The van der Waals surface area contributed by atoms with Gasteiger partial charge in [0.2, 0.25) is 5.78 Å². The quantitative estimate of drug-likeness (QED) is 0.509. The number of halogens is 1. The summed E-state index contributed by atoms with van der Waals surface area (Å²) in [4.78, 5) is 13.1. The van der Waals surface area contributed by atoms with Gasteiger partial charge in [-0.2, -0.15) is 0 Å². The summed E-state index contributed by atoms with van der Waals surface area (Å²) in [6, 6.07) is 4.29. The van der Waals surface area contributed by atoms with E-state index in [1.165, 1.54) is 30.0 Å². The fourth-order valence-electron chi connectivity index (χ4n) is 2.54. The summed E-state index contributed by atoms with van der Waals surface area (Å²) in [5.41, 5.74) is 0.503. The molecule has 8 heteroatoms. The Morgan fingerprint density at radius 2 is 2.12 bits per heavy atom. The van der Waals surface area contributed by atoms with Gasteiger partial charge in [0.25, 0.3) is 0 Å². The van der Waals surface area contributed by atoms with Crippen LogP contribution in [0.4, 0.5) is 0 Å². The molecule has 0 saturated heterocycles. The minimum Gasteiger partial charge on any atom is -0.359 e. The van der Waals surface area contributed by atoms with Crippen molar-refractivity contribution >= 4 is 39.0 Å². The molecular formula is C17H18ClNO4S2. The van der Waals surface area contributed by atoms with Crippen LogP contribution in [0, 0.1) is 0 Å². The summed E-state index contributed by atoms with van der Waals surface area (Å²) in [5.74, 6) is 1.18. The van der Waals surface area contributed by atoms with E-state index in [1.54, 1.807) is 0 Å². The van der Waals surface area contributed by atoms with Gasteiger partial charge in [-0.3, -0.25) is 4.79 Å². The van der Waals surface area contributed by atoms with Crippen LogP contribution in [0.5, 0.6) is 0 Å². The summed E-state index contributed by atoms with van der Waals surface area (Å²) in [6.45, 7) is 2.04. The molecule has 0 amide bonds. The van der Waals surface area contributed by atoms with E-state index in [9.17, 15) is 13.2 Å². The minimum atomic E-state index is -3.60. The second kappa shape index (κ2) is 7.13. The molecule has 1 heterocycles. The number of sulfone groups is 1. The lowest BCUT2D eigenvalue weighted by molar-refractivity contribution is 0.103. The van der Waals surface area contributed by atoms with Crippen molar-refractivity contribution in [2.45, 2.75) is 42.0 Å². The number of benzene rings is 1. The first-order valence-electron chi connectivity index (χ1n) is 7.99. The molecule has 0 spiro atoms. The fourth-order valence-corrected chi connectivity index (χ4v) is 4.51. The number of nitrogens with zero attached hydrogens (tertiary/aromatic N) is 1. The van der Waals surface area contributed by atoms with Gasteiger partial charge in [0.1, 0.15) is 0 Å². The van der Waals surface area contributed by atoms with Gasteiger partial charge >= 0.3 is 0 Å². The maximum absolute atomic E-state index is 13.2. The average molecular weight is 400 g/mol. The predicted octanol–water partition coefficient (Wildman–Crippen LogP) is 4.34. The van der Waals surface area contributed by atoms with Crippen molar-refractivity contribution in [3.63, 3.8) is 0 Å². The Morgan fingerprint density at radius 1 is 1.40 bits per heavy atom. The molecule has 0 N–H and O–H groups in total. The van der Waals surface area contributed by atoms with Crippen LogP contribution < -0.4 is 0 Å². The van der Waals surface area contributed by atoms with Gasteiger partial charge in [-0.25, -0.2) is 8.42 Å². The van der Waals surface area contributed by atoms with Crippen LogP contribution in [0.3, 0.4) is 0 Å². The Kier molecular flexibility index (Phi) is 5.27. The SMILES string of the molecule is CCCSc1noc(C2CC2)c1C(=O)c1ccc(Cl)cc1S(C)(=O)=O. The van der Waals surface area contributed by atoms with Crippen molar-refractivity contribution < 1.29 is 17.7 Å². The Labute approximate surface area is 156 Å². The number of ketones is 1. The predicted molar refractivity (Wildman–Crippen MR) is 97.5 cm³/mol. The molecule has 1 saturated carbocycles. The second-order valence-electron chi connectivity index (χ2n) is 6.09. The molecule has 0 unspecified atom stereocenters. The molecule has 1 aromatic carbocycles. The zero-order chi connectivity index (χ0) is 18.2. The first-order valence-corrected chi connectivity index (χ1v) is 11.2. The summed E-state index contributed by atoms with van der Waals surface area (Å²) in [6.07, 6.45) is 3.90. The van der Waals surface area contributed by atoms with E-state index in [-0.39, 0.29) is 27.2 Å². The van der Waals surface area contributed by atoms with E-state index in [0.29, 0.717) is 16.3 Å². The molecule has 0 bridgehead atoms. The Bertz CT molecular complexity index is 917. The lowest BCUT2D eigenvalue weighted by atomic mass is 10.0. The minimum absolute atomic E-state index is 0.0700. The highest BCUT2D eigenvalue weighted by molar-refractivity contribution is 7.99. The van der Waals surface area contributed by atoms with Crippen molar-refractivity contribution in [1.82, 2.24) is 5.16 Å². The molecule has 0 atom stereocenters. The van der Waals surface area contributed by atoms with Crippen molar-refractivity contribution in [3.05, 3.63) is 40.1 Å². The van der Waals surface area contributed by atoms with Gasteiger partial charge in [0.15, 0.2) is 20.6 Å². The molecule has 2 aromatic rings. The van der Waals surface area contributed by atoms with Crippen LogP contribution in [0.1, 0.15) is 53.8 Å². The van der Waals surface area contributed by atoms with E-state index in [2.05, 4.69) is 5.16 Å². The molecule has 25 heavy (non-hydrogen) atoms. The smallest absolute Gasteiger partial charge is 0.200 e. The lowest BCUT2D eigenvalue weighted by Crippen LogP contribution is -2.11. The molecule has 1 aromatic heterocycles. The summed E-state index contributed by atoms with van der Waals surface area (Å²) < 4.78 is 29.7. The third kappa shape index (κ3) is 3.93. The van der Waals surface area contributed by atoms with Crippen molar-refractivity contribution in [2.24, 2.45) is 0 Å². The van der Waals surface area contributed by atoms with Crippen molar-refractivity contribution in [3.8, 4) is 0 Å². The number of hydrogen-bond donors (Lipinski definition) is 0. The molecule has 0 aliphatic heterocycles. The standard InChI is InChI=1S/C17H18ClNO4S2/c1-3-8-24-17-14(16(23-19-17)10-4-5-10)15(20)12-7-6-11(18)9-13(12)25(2,21)22/h6-7,9-10H,3-5,8H2,1-2H3. The molecular weight excluding hydrogens is 382 g/mol. The van der Waals surface area contributed by atoms with E-state index in [4.69, 9.17) is 16.1 Å². The first-order chi connectivity index (χ1) is 11.8. The van der Waals surface area contributed by atoms with E-state index >= 15 is 0 Å². The number of hydrogen-bond acceptors (Lipinski definition) is 6. The van der Waals surface area contributed by atoms with Crippen molar-refractivity contribution in [2.75, 3.05) is 12.0 Å². The van der Waals surface area contributed by atoms with Crippen LogP contribution in [0.15, 0.2) is 32.6 Å². The van der Waals surface area contributed by atoms with Crippen LogP contribution in [0.25, 0.3) is 0 Å². The van der Waals surface area contributed by atoms with Gasteiger partial charge < -0.3 is 4.52 Å². The molecule has 0 radical (unpaired) electrons. The van der Waals surface area contributed by atoms with E-state index < -0.39 is 9.84 Å². The van der Waals surface area contributed by atoms with Crippen LogP contribution >= 0.6 is 23.4 Å². The topological polar surface area (TPSA) is 77.2 Å². The fraction of sp³-hybridized carbons (Fsp3) is 0.412. The first kappa shape index (κ1) is 18.5. The zero-order valence-electron chi connectivity index (χ0n) is 13.9. The van der Waals surface area contributed by atoms with Crippen LogP contribution in [-0.2, 0) is 9.84 Å². The van der Waals surface area contributed by atoms with E-state index in [1.807, 2.05) is 6.92 Å². The Hall–Kier alpha value is -1.31. The Morgan fingerprint density at radius 3 is 2.72 bits per heavy atom. The number of carbonyl (C=O) groups excluding carboxylic acids is 1. The van der Waals surface area contributed by atoms with Crippen LogP contribution in [0.2, 0.25) is 5.02 Å². The monoisotopic (exact) mass is 399 g/mol. The van der Waals surface area contributed by atoms with Gasteiger partial charge in [0, 0.05) is 22.8 Å². The summed E-state index contributed by atoms with van der Waals surface area (Å²) in [7, 11) is -3.60. The number of aromatic nitrogens is 1. The largest absolute Gasteiger partial charge is 0.359 e. The normalized spacial score (nSPS) is 14.7. The average Bonchev–Trinajstić information content (AvgIpc) is 3.31. The highest BCUT2D eigenvalue weighted by Gasteiger charge is 2.36. The number of carbonyl (C=O) groups is 1. The molecule has 5 nitrogen and oxygen atoms in total. The molecule has 1 aliphatic rings. The van der Waals surface area contributed by atoms with Gasteiger partial charge in [-0.05, 0) is 43.2 Å². The van der Waals surface area contributed by atoms with Crippen LogP contribution in [-0.4, -0.2) is 31.4 Å². The lowest BCUT2D eigenvalue weighted by Gasteiger charge is -2.08. The van der Waals surface area contributed by atoms with Gasteiger partial charge in [-0.1, -0.05) is 23.7 Å². The maximum atomic E-state index is 13.2. The summed E-state index contributed by atoms with van der Waals surface area (Å²) >= 11 is 7.38.